The Morgan fingerprint density at radius 1 is 1.43 bits per heavy atom. The molecule has 1 rings (SSSR count). The Kier molecular flexibility index (Phi) is 5.68. The van der Waals surface area contributed by atoms with Gasteiger partial charge in [0, 0.05) is 5.56 Å². The van der Waals surface area contributed by atoms with Crippen molar-refractivity contribution in [2.45, 2.75) is 32.2 Å². The summed E-state index contributed by atoms with van der Waals surface area (Å²) in [4.78, 5) is 11.8. The van der Waals surface area contributed by atoms with E-state index in [1.54, 1.807) is 6.92 Å². The van der Waals surface area contributed by atoms with E-state index >= 15 is 0 Å². The normalized spacial score (nSPS) is 13.1. The molecule has 6 heteroatoms. The summed E-state index contributed by atoms with van der Waals surface area (Å²) in [6.07, 6.45) is 6.32. The van der Waals surface area contributed by atoms with Crippen LogP contribution in [-0.2, 0) is 0 Å². The summed E-state index contributed by atoms with van der Waals surface area (Å²) in [5.41, 5.74) is -1.39. The van der Waals surface area contributed by atoms with Crippen LogP contribution in [0.4, 0.5) is 19.3 Å². The van der Waals surface area contributed by atoms with Gasteiger partial charge in [0.25, 0.3) is 0 Å². The molecule has 21 heavy (non-hydrogen) atoms. The number of urea groups is 1. The van der Waals surface area contributed by atoms with E-state index < -0.39 is 28.9 Å². The van der Waals surface area contributed by atoms with Gasteiger partial charge in [-0.25, -0.2) is 13.6 Å². The second kappa shape index (κ2) is 7.04. The highest BCUT2D eigenvalue weighted by Gasteiger charge is 2.25. The fraction of sp³-hybridized carbons (Fsp3) is 0.400. The van der Waals surface area contributed by atoms with E-state index in [1.807, 2.05) is 6.92 Å². The fourth-order valence-corrected chi connectivity index (χ4v) is 1.93. The van der Waals surface area contributed by atoms with Gasteiger partial charge in [-0.05, 0) is 25.5 Å². The van der Waals surface area contributed by atoms with E-state index in [9.17, 15) is 18.7 Å². The summed E-state index contributed by atoms with van der Waals surface area (Å²) in [5.74, 6) is 0.194. The first-order valence-corrected chi connectivity index (χ1v) is 6.51. The number of halogens is 2. The van der Waals surface area contributed by atoms with Gasteiger partial charge in [-0.2, -0.15) is 0 Å². The van der Waals surface area contributed by atoms with Crippen molar-refractivity contribution in [3.8, 4) is 12.3 Å². The molecule has 0 aliphatic carbocycles. The number of benzene rings is 1. The van der Waals surface area contributed by atoms with E-state index in [0.717, 1.165) is 18.6 Å². The van der Waals surface area contributed by atoms with Crippen molar-refractivity contribution in [3.05, 3.63) is 29.3 Å². The average Bonchev–Trinajstić information content (AvgIpc) is 2.42. The predicted molar refractivity (Wildman–Crippen MR) is 76.8 cm³/mol. The molecule has 3 N–H and O–H groups in total. The van der Waals surface area contributed by atoms with Gasteiger partial charge in [-0.15, -0.1) is 6.42 Å². The first kappa shape index (κ1) is 16.9. The highest BCUT2D eigenvalue weighted by atomic mass is 19.1. The second-order valence-electron chi connectivity index (χ2n) is 5.01. The number of aliphatic hydroxyl groups excluding tert-OH is 1. The van der Waals surface area contributed by atoms with E-state index in [0.29, 0.717) is 6.42 Å². The molecule has 0 bridgehead atoms. The second-order valence-corrected chi connectivity index (χ2v) is 5.01. The van der Waals surface area contributed by atoms with Gasteiger partial charge in [0.15, 0.2) is 11.6 Å². The summed E-state index contributed by atoms with van der Waals surface area (Å²) >= 11 is 0. The Hall–Kier alpha value is -2.13. The van der Waals surface area contributed by atoms with Crippen molar-refractivity contribution in [2.24, 2.45) is 0 Å². The Balaban J connectivity index is 2.87. The molecule has 0 saturated carbocycles. The number of aliphatic hydroxyl groups is 1. The first-order chi connectivity index (χ1) is 9.85. The molecule has 0 aliphatic rings. The van der Waals surface area contributed by atoms with Crippen LogP contribution in [0.2, 0.25) is 0 Å². The quantitative estimate of drug-likeness (QED) is 0.731. The largest absolute Gasteiger partial charge is 0.394 e. The number of hydrogen-bond donors (Lipinski definition) is 3. The Morgan fingerprint density at radius 2 is 2.00 bits per heavy atom. The van der Waals surface area contributed by atoms with Crippen molar-refractivity contribution in [2.75, 3.05) is 11.9 Å². The van der Waals surface area contributed by atoms with Crippen molar-refractivity contribution in [1.29, 1.82) is 0 Å². The minimum Gasteiger partial charge on any atom is -0.394 e. The van der Waals surface area contributed by atoms with Gasteiger partial charge in [0.1, 0.15) is 5.69 Å². The molecular formula is C15H18F2N2O2. The summed E-state index contributed by atoms with van der Waals surface area (Å²) in [7, 11) is 0. The number of hydrogen-bond acceptors (Lipinski definition) is 2. The summed E-state index contributed by atoms with van der Waals surface area (Å²) in [6, 6.07) is 1.11. The topological polar surface area (TPSA) is 61.4 Å². The summed E-state index contributed by atoms with van der Waals surface area (Å²) in [5, 5.41) is 13.9. The van der Waals surface area contributed by atoms with Crippen LogP contribution >= 0.6 is 0 Å². The third-order valence-electron chi connectivity index (χ3n) is 3.01. The molecule has 1 aromatic rings. The fourth-order valence-electron chi connectivity index (χ4n) is 1.93. The van der Waals surface area contributed by atoms with Crippen LogP contribution in [0.3, 0.4) is 0 Å². The Bertz CT molecular complexity index is 546. The van der Waals surface area contributed by atoms with E-state index in [2.05, 4.69) is 16.6 Å². The number of carbonyl (C=O) groups is 1. The average molecular weight is 296 g/mol. The maximum absolute atomic E-state index is 13.7. The van der Waals surface area contributed by atoms with Gasteiger partial charge in [-0.3, -0.25) is 0 Å². The lowest BCUT2D eigenvalue weighted by Crippen LogP contribution is -2.50. The SMILES string of the molecule is C#Cc1cc(F)c(NC(=O)NC(C)(CO)CCC)c(F)c1. The third kappa shape index (κ3) is 4.43. The number of amides is 2. The number of anilines is 1. The maximum atomic E-state index is 13.7. The minimum atomic E-state index is -0.959. The molecule has 0 heterocycles. The lowest BCUT2D eigenvalue weighted by atomic mass is 9.98. The highest BCUT2D eigenvalue weighted by Crippen LogP contribution is 2.21. The number of carbonyl (C=O) groups excluding carboxylic acids is 1. The van der Waals surface area contributed by atoms with Crippen LogP contribution in [0.5, 0.6) is 0 Å². The van der Waals surface area contributed by atoms with E-state index in [4.69, 9.17) is 6.42 Å². The number of nitrogens with one attached hydrogen (secondary N) is 2. The van der Waals surface area contributed by atoms with Crippen molar-refractivity contribution >= 4 is 11.7 Å². The zero-order chi connectivity index (χ0) is 16.0. The van der Waals surface area contributed by atoms with Crippen LogP contribution in [0, 0.1) is 24.0 Å². The molecule has 0 spiro atoms. The summed E-state index contributed by atoms with van der Waals surface area (Å²) in [6.45, 7) is 3.25. The number of terminal acetylenes is 1. The van der Waals surface area contributed by atoms with Gasteiger partial charge in [-0.1, -0.05) is 19.3 Å². The molecule has 2 amide bonds. The molecule has 114 valence electrons. The molecule has 0 aromatic heterocycles. The third-order valence-corrected chi connectivity index (χ3v) is 3.01. The molecule has 0 saturated heterocycles. The molecule has 0 radical (unpaired) electrons. The van der Waals surface area contributed by atoms with Gasteiger partial charge >= 0.3 is 6.03 Å². The van der Waals surface area contributed by atoms with Gasteiger partial charge in [0.2, 0.25) is 0 Å². The van der Waals surface area contributed by atoms with Crippen molar-refractivity contribution < 1.29 is 18.7 Å². The molecular weight excluding hydrogens is 278 g/mol. The Morgan fingerprint density at radius 3 is 2.43 bits per heavy atom. The van der Waals surface area contributed by atoms with Crippen LogP contribution in [0.25, 0.3) is 0 Å². The van der Waals surface area contributed by atoms with Crippen LogP contribution in [0.1, 0.15) is 32.3 Å². The number of rotatable bonds is 5. The van der Waals surface area contributed by atoms with Crippen LogP contribution < -0.4 is 10.6 Å². The monoisotopic (exact) mass is 296 g/mol. The molecule has 1 atom stereocenters. The van der Waals surface area contributed by atoms with Crippen LogP contribution in [0.15, 0.2) is 12.1 Å². The lowest BCUT2D eigenvalue weighted by Gasteiger charge is -2.28. The highest BCUT2D eigenvalue weighted by molar-refractivity contribution is 5.90. The minimum absolute atomic E-state index is 0.0436. The molecule has 0 aliphatic heterocycles. The Labute approximate surface area is 122 Å². The van der Waals surface area contributed by atoms with Crippen molar-refractivity contribution in [1.82, 2.24) is 5.32 Å². The summed E-state index contributed by atoms with van der Waals surface area (Å²) < 4.78 is 27.4. The molecule has 4 nitrogen and oxygen atoms in total. The smallest absolute Gasteiger partial charge is 0.319 e. The lowest BCUT2D eigenvalue weighted by molar-refractivity contribution is 0.167. The van der Waals surface area contributed by atoms with Crippen molar-refractivity contribution in [3.63, 3.8) is 0 Å². The van der Waals surface area contributed by atoms with E-state index in [-0.39, 0.29) is 12.2 Å². The molecule has 1 unspecified atom stereocenters. The zero-order valence-corrected chi connectivity index (χ0v) is 12.0. The van der Waals surface area contributed by atoms with Gasteiger partial charge < -0.3 is 15.7 Å². The molecule has 0 fully saturated rings. The first-order valence-electron chi connectivity index (χ1n) is 6.51. The van der Waals surface area contributed by atoms with Crippen LogP contribution in [-0.4, -0.2) is 23.3 Å². The zero-order valence-electron chi connectivity index (χ0n) is 12.0. The molecule has 1 aromatic carbocycles. The standard InChI is InChI=1S/C15H18F2N2O2/c1-4-6-15(3,9-20)19-14(21)18-13-11(16)7-10(5-2)8-12(13)17/h2,7-8,20H,4,6,9H2,1,3H3,(H2,18,19,21). The van der Waals surface area contributed by atoms with E-state index in [1.165, 1.54) is 0 Å². The van der Waals surface area contributed by atoms with Gasteiger partial charge in [0.05, 0.1) is 12.1 Å². The maximum Gasteiger partial charge on any atom is 0.319 e. The predicted octanol–water partition coefficient (Wildman–Crippen LogP) is 2.62.